The Hall–Kier alpha value is -1.71. The lowest BCUT2D eigenvalue weighted by Crippen LogP contribution is -2.39. The van der Waals surface area contributed by atoms with Gasteiger partial charge in [-0.1, -0.05) is 36.4 Å². The highest BCUT2D eigenvalue weighted by molar-refractivity contribution is 5.27. The van der Waals surface area contributed by atoms with Crippen molar-refractivity contribution in [1.82, 2.24) is 10.3 Å². The molecular weight excluding hydrogens is 258 g/mol. The molecule has 110 valence electrons. The Morgan fingerprint density at radius 1 is 0.952 bits per heavy atom. The molecule has 1 aliphatic rings. The third-order valence-electron chi connectivity index (χ3n) is 4.29. The van der Waals surface area contributed by atoms with E-state index in [1.54, 1.807) is 0 Å². The lowest BCUT2D eigenvalue weighted by Gasteiger charge is -2.31. The highest BCUT2D eigenvalue weighted by Crippen LogP contribution is 2.25. The van der Waals surface area contributed by atoms with Gasteiger partial charge in [0.15, 0.2) is 0 Å². The van der Waals surface area contributed by atoms with Crippen molar-refractivity contribution in [2.24, 2.45) is 5.73 Å². The Morgan fingerprint density at radius 3 is 2.33 bits per heavy atom. The van der Waals surface area contributed by atoms with E-state index in [0.717, 1.165) is 31.4 Å². The van der Waals surface area contributed by atoms with Crippen LogP contribution in [0, 0.1) is 0 Å². The minimum atomic E-state index is 0.159. The molecule has 21 heavy (non-hydrogen) atoms. The van der Waals surface area contributed by atoms with E-state index in [0.29, 0.717) is 12.1 Å². The second kappa shape index (κ2) is 6.83. The molecule has 3 nitrogen and oxygen atoms in total. The van der Waals surface area contributed by atoms with Gasteiger partial charge in [-0.3, -0.25) is 4.98 Å². The number of pyridine rings is 1. The molecule has 0 saturated heterocycles. The third-order valence-corrected chi connectivity index (χ3v) is 4.29. The summed E-state index contributed by atoms with van der Waals surface area (Å²) in [5.41, 5.74) is 8.36. The lowest BCUT2D eigenvalue weighted by molar-refractivity contribution is 0.326. The first-order valence-corrected chi connectivity index (χ1v) is 7.80. The molecule has 1 aromatic carbocycles. The average Bonchev–Trinajstić information content (AvgIpc) is 2.56. The normalized spacial score (nSPS) is 23.7. The van der Waals surface area contributed by atoms with Gasteiger partial charge in [-0.15, -0.1) is 0 Å². The van der Waals surface area contributed by atoms with Gasteiger partial charge in [0.2, 0.25) is 0 Å². The molecule has 0 aliphatic heterocycles. The van der Waals surface area contributed by atoms with Crippen LogP contribution in [0.4, 0.5) is 0 Å². The Bertz CT molecular complexity index is 493. The highest BCUT2D eigenvalue weighted by Gasteiger charge is 2.23. The lowest BCUT2D eigenvalue weighted by atomic mass is 9.90. The van der Waals surface area contributed by atoms with Gasteiger partial charge in [0, 0.05) is 18.3 Å². The summed E-state index contributed by atoms with van der Waals surface area (Å²) in [5, 5.41) is 3.79. The van der Waals surface area contributed by atoms with E-state index in [1.807, 2.05) is 12.3 Å². The molecule has 1 unspecified atom stereocenters. The first kappa shape index (κ1) is 14.2. The summed E-state index contributed by atoms with van der Waals surface area (Å²) in [6.45, 7) is 0. The summed E-state index contributed by atoms with van der Waals surface area (Å²) in [7, 11) is 0. The monoisotopic (exact) mass is 281 g/mol. The summed E-state index contributed by atoms with van der Waals surface area (Å²) >= 11 is 0. The first-order valence-electron chi connectivity index (χ1n) is 7.80. The standard InChI is InChI=1S/C18H23N3/c19-15-9-11-16(12-10-15)21-18(14-6-2-1-3-7-14)17-8-4-5-13-20-17/h1-8,13,15-16,18,21H,9-12,19H2. The molecular formula is C18H23N3. The van der Waals surface area contributed by atoms with Crippen molar-refractivity contribution in [3.05, 3.63) is 66.0 Å². The molecule has 0 amide bonds. The smallest absolute Gasteiger partial charge is 0.0753 e. The van der Waals surface area contributed by atoms with Crippen molar-refractivity contribution < 1.29 is 0 Å². The van der Waals surface area contributed by atoms with Gasteiger partial charge < -0.3 is 11.1 Å². The summed E-state index contributed by atoms with van der Waals surface area (Å²) in [6.07, 6.45) is 6.39. The summed E-state index contributed by atoms with van der Waals surface area (Å²) < 4.78 is 0. The van der Waals surface area contributed by atoms with Crippen molar-refractivity contribution in [3.63, 3.8) is 0 Å². The van der Waals surface area contributed by atoms with E-state index < -0.39 is 0 Å². The number of hydrogen-bond donors (Lipinski definition) is 2. The fraction of sp³-hybridized carbons (Fsp3) is 0.389. The van der Waals surface area contributed by atoms with Crippen LogP contribution in [0.15, 0.2) is 54.7 Å². The summed E-state index contributed by atoms with van der Waals surface area (Å²) in [6, 6.07) is 17.7. The largest absolute Gasteiger partial charge is 0.328 e. The molecule has 1 saturated carbocycles. The predicted molar refractivity (Wildman–Crippen MR) is 85.9 cm³/mol. The van der Waals surface area contributed by atoms with E-state index in [9.17, 15) is 0 Å². The Balaban J connectivity index is 1.80. The van der Waals surface area contributed by atoms with Crippen molar-refractivity contribution in [2.45, 2.75) is 43.8 Å². The molecule has 0 spiro atoms. The molecule has 1 heterocycles. The molecule has 0 radical (unpaired) electrons. The van der Waals surface area contributed by atoms with Crippen LogP contribution in [0.25, 0.3) is 0 Å². The zero-order valence-electron chi connectivity index (χ0n) is 12.3. The van der Waals surface area contributed by atoms with Gasteiger partial charge in [-0.25, -0.2) is 0 Å². The molecule has 1 atom stereocenters. The van der Waals surface area contributed by atoms with Crippen molar-refractivity contribution in [3.8, 4) is 0 Å². The second-order valence-corrected chi connectivity index (χ2v) is 5.88. The van der Waals surface area contributed by atoms with E-state index >= 15 is 0 Å². The zero-order chi connectivity index (χ0) is 14.5. The van der Waals surface area contributed by atoms with Gasteiger partial charge in [0.05, 0.1) is 11.7 Å². The molecule has 0 bridgehead atoms. The van der Waals surface area contributed by atoms with Gasteiger partial charge in [0.1, 0.15) is 0 Å². The molecule has 3 rings (SSSR count). The van der Waals surface area contributed by atoms with Gasteiger partial charge in [-0.05, 0) is 43.4 Å². The molecule has 2 aromatic rings. The fourth-order valence-electron chi connectivity index (χ4n) is 3.07. The number of rotatable bonds is 4. The van der Waals surface area contributed by atoms with Gasteiger partial charge in [0.25, 0.3) is 0 Å². The number of hydrogen-bond acceptors (Lipinski definition) is 3. The van der Waals surface area contributed by atoms with Crippen molar-refractivity contribution in [2.75, 3.05) is 0 Å². The number of benzene rings is 1. The van der Waals surface area contributed by atoms with Crippen LogP contribution in [-0.4, -0.2) is 17.1 Å². The summed E-state index contributed by atoms with van der Waals surface area (Å²) in [4.78, 5) is 4.55. The average molecular weight is 281 g/mol. The van der Waals surface area contributed by atoms with Crippen LogP contribution in [0.1, 0.15) is 43.0 Å². The Labute approximate surface area is 126 Å². The maximum absolute atomic E-state index is 6.01. The molecule has 1 aliphatic carbocycles. The SMILES string of the molecule is NC1CCC(NC(c2ccccc2)c2ccccn2)CC1. The Kier molecular flexibility index (Phi) is 4.63. The quantitative estimate of drug-likeness (QED) is 0.905. The van der Waals surface area contributed by atoms with Gasteiger partial charge >= 0.3 is 0 Å². The predicted octanol–water partition coefficient (Wildman–Crippen LogP) is 3.03. The first-order chi connectivity index (χ1) is 10.3. The number of nitrogens with one attached hydrogen (secondary N) is 1. The van der Waals surface area contributed by atoms with Crippen LogP contribution in [0.3, 0.4) is 0 Å². The topological polar surface area (TPSA) is 50.9 Å². The molecule has 1 aromatic heterocycles. The van der Waals surface area contributed by atoms with Crippen LogP contribution in [-0.2, 0) is 0 Å². The van der Waals surface area contributed by atoms with Crippen LogP contribution in [0.2, 0.25) is 0 Å². The van der Waals surface area contributed by atoms with Crippen LogP contribution in [0.5, 0.6) is 0 Å². The molecule has 1 fully saturated rings. The highest BCUT2D eigenvalue weighted by atomic mass is 15.0. The zero-order valence-corrected chi connectivity index (χ0v) is 12.3. The maximum Gasteiger partial charge on any atom is 0.0753 e. The molecule has 3 heteroatoms. The third kappa shape index (κ3) is 3.69. The van der Waals surface area contributed by atoms with E-state index in [2.05, 4.69) is 52.8 Å². The van der Waals surface area contributed by atoms with Crippen LogP contribution < -0.4 is 11.1 Å². The molecule has 3 N–H and O–H groups in total. The number of nitrogens with two attached hydrogens (primary N) is 1. The van der Waals surface area contributed by atoms with Crippen LogP contribution >= 0.6 is 0 Å². The van der Waals surface area contributed by atoms with E-state index in [1.165, 1.54) is 5.56 Å². The fourth-order valence-corrected chi connectivity index (χ4v) is 3.07. The minimum Gasteiger partial charge on any atom is -0.328 e. The maximum atomic E-state index is 6.01. The number of aromatic nitrogens is 1. The minimum absolute atomic E-state index is 0.159. The summed E-state index contributed by atoms with van der Waals surface area (Å²) in [5.74, 6) is 0. The van der Waals surface area contributed by atoms with Crippen molar-refractivity contribution >= 4 is 0 Å². The van der Waals surface area contributed by atoms with E-state index in [-0.39, 0.29) is 6.04 Å². The second-order valence-electron chi connectivity index (χ2n) is 5.88. The Morgan fingerprint density at radius 2 is 1.67 bits per heavy atom. The van der Waals surface area contributed by atoms with Crippen molar-refractivity contribution in [1.29, 1.82) is 0 Å². The number of nitrogens with zero attached hydrogens (tertiary/aromatic N) is 1. The van der Waals surface area contributed by atoms with Gasteiger partial charge in [-0.2, -0.15) is 0 Å². The van der Waals surface area contributed by atoms with E-state index in [4.69, 9.17) is 5.73 Å².